The van der Waals surface area contributed by atoms with Crippen LogP contribution in [0.15, 0.2) is 47.5 Å². The normalized spacial score (nSPS) is 15.9. The number of morpholine rings is 1. The van der Waals surface area contributed by atoms with Crippen LogP contribution in [0, 0.1) is 0 Å². The lowest BCUT2D eigenvalue weighted by atomic mass is 10.3. The first kappa shape index (κ1) is 18.3. The fraction of sp³-hybridized carbons (Fsp3) is 0.333. The van der Waals surface area contributed by atoms with E-state index in [4.69, 9.17) is 4.74 Å². The van der Waals surface area contributed by atoms with Crippen LogP contribution in [0.25, 0.3) is 10.2 Å². The third kappa shape index (κ3) is 4.11. The lowest BCUT2D eigenvalue weighted by Gasteiger charge is -2.25. The van der Waals surface area contributed by atoms with E-state index in [2.05, 4.69) is 21.4 Å². The van der Waals surface area contributed by atoms with Gasteiger partial charge in [-0.2, -0.15) is 4.31 Å². The Morgan fingerprint density at radius 2 is 2.00 bits per heavy atom. The number of hydrogen-bond acceptors (Lipinski definition) is 6. The van der Waals surface area contributed by atoms with Crippen molar-refractivity contribution < 1.29 is 18.1 Å². The maximum Gasteiger partial charge on any atom is 0.272 e. The number of aromatic nitrogens is 2. The van der Waals surface area contributed by atoms with Crippen molar-refractivity contribution in [1.29, 1.82) is 0 Å². The molecule has 142 valence electrons. The van der Waals surface area contributed by atoms with Gasteiger partial charge >= 0.3 is 0 Å². The fourth-order valence-corrected chi connectivity index (χ4v) is 5.29. The number of benzene rings is 1. The Bertz CT molecular complexity index is 980. The lowest BCUT2D eigenvalue weighted by molar-refractivity contribution is -0.364. The smallest absolute Gasteiger partial charge is 0.272 e. The molecule has 0 saturated carbocycles. The van der Waals surface area contributed by atoms with E-state index in [0.717, 1.165) is 22.8 Å². The molecule has 1 aromatic carbocycles. The first-order valence-corrected chi connectivity index (χ1v) is 11.1. The molecule has 1 aliphatic rings. The van der Waals surface area contributed by atoms with E-state index in [1.807, 2.05) is 18.2 Å². The van der Waals surface area contributed by atoms with E-state index in [0.29, 0.717) is 32.8 Å². The van der Waals surface area contributed by atoms with Crippen LogP contribution in [-0.2, 0) is 21.2 Å². The van der Waals surface area contributed by atoms with Crippen molar-refractivity contribution in [3.05, 3.63) is 47.6 Å². The van der Waals surface area contributed by atoms with Crippen LogP contribution in [0.2, 0.25) is 0 Å². The van der Waals surface area contributed by atoms with E-state index in [1.165, 1.54) is 15.2 Å². The molecule has 0 atom stereocenters. The zero-order chi connectivity index (χ0) is 18.7. The highest BCUT2D eigenvalue weighted by molar-refractivity contribution is 7.89. The molecule has 3 heterocycles. The molecule has 2 N–H and O–H groups in total. The van der Waals surface area contributed by atoms with Gasteiger partial charge < -0.3 is 4.74 Å². The number of aromatic amines is 1. The largest absolute Gasteiger partial charge is 0.379 e. The zero-order valence-corrected chi connectivity index (χ0v) is 16.4. The molecule has 1 fully saturated rings. The number of hydrogen-bond donors (Lipinski definition) is 1. The highest BCUT2D eigenvalue weighted by Crippen LogP contribution is 2.22. The number of sulfonamides is 1. The summed E-state index contributed by atoms with van der Waals surface area (Å²) in [7, 11) is -3.47. The summed E-state index contributed by atoms with van der Waals surface area (Å²) < 4.78 is 33.1. The molecule has 1 aliphatic heterocycles. The molecule has 2 aromatic heterocycles. The number of pyridine rings is 1. The predicted molar refractivity (Wildman–Crippen MR) is 104 cm³/mol. The van der Waals surface area contributed by atoms with Gasteiger partial charge in [-0.3, -0.25) is 5.32 Å². The van der Waals surface area contributed by atoms with Crippen molar-refractivity contribution in [2.75, 3.05) is 38.2 Å². The zero-order valence-electron chi connectivity index (χ0n) is 14.7. The van der Waals surface area contributed by atoms with Crippen LogP contribution in [0.1, 0.15) is 5.01 Å². The van der Waals surface area contributed by atoms with Crippen molar-refractivity contribution in [2.24, 2.45) is 0 Å². The molecule has 9 heteroatoms. The number of nitrogens with zero attached hydrogens (tertiary/aromatic N) is 2. The summed E-state index contributed by atoms with van der Waals surface area (Å²) in [6.07, 6.45) is 2.34. The van der Waals surface area contributed by atoms with Gasteiger partial charge in [0.15, 0.2) is 0 Å². The van der Waals surface area contributed by atoms with Gasteiger partial charge in [0.05, 0.1) is 35.0 Å². The van der Waals surface area contributed by atoms with Crippen molar-refractivity contribution in [2.45, 2.75) is 11.3 Å². The first-order valence-electron chi connectivity index (χ1n) is 8.81. The molecule has 0 amide bonds. The number of ether oxygens (including phenoxy) is 1. The monoisotopic (exact) mass is 405 g/mol. The molecule has 0 aliphatic carbocycles. The number of H-pyrrole nitrogens is 1. The Labute approximate surface area is 162 Å². The van der Waals surface area contributed by atoms with Crippen molar-refractivity contribution in [3.8, 4) is 0 Å². The molecule has 3 aromatic rings. The average molecular weight is 406 g/mol. The van der Waals surface area contributed by atoms with Crippen LogP contribution in [0.4, 0.5) is 5.82 Å². The van der Waals surface area contributed by atoms with E-state index < -0.39 is 10.0 Å². The summed E-state index contributed by atoms with van der Waals surface area (Å²) in [6.45, 7) is 2.38. The molecule has 4 rings (SSSR count). The van der Waals surface area contributed by atoms with Gasteiger partial charge in [-0.05, 0) is 18.2 Å². The predicted octanol–water partition coefficient (Wildman–Crippen LogP) is 1.79. The van der Waals surface area contributed by atoms with E-state index in [1.54, 1.807) is 23.5 Å². The summed E-state index contributed by atoms with van der Waals surface area (Å²) in [6, 6.07) is 11.5. The molecule has 0 unspecified atom stereocenters. The quantitative estimate of drug-likeness (QED) is 0.676. The molecule has 0 spiro atoms. The van der Waals surface area contributed by atoms with Gasteiger partial charge in [0.2, 0.25) is 10.0 Å². The van der Waals surface area contributed by atoms with Gasteiger partial charge in [0.25, 0.3) is 5.82 Å². The van der Waals surface area contributed by atoms with Gasteiger partial charge in [0.1, 0.15) is 11.1 Å². The molecular weight excluding hydrogens is 384 g/mol. The second-order valence-electron chi connectivity index (χ2n) is 6.21. The second kappa shape index (κ2) is 7.89. The highest BCUT2D eigenvalue weighted by atomic mass is 32.2. The van der Waals surface area contributed by atoms with E-state index in [-0.39, 0.29) is 4.90 Å². The number of rotatable bonds is 6. The maximum atomic E-state index is 12.6. The maximum absolute atomic E-state index is 12.6. The summed E-state index contributed by atoms with van der Waals surface area (Å²) >= 11 is 1.70. The Morgan fingerprint density at radius 3 is 2.74 bits per heavy atom. The minimum absolute atomic E-state index is 0.265. The fourth-order valence-electron chi connectivity index (χ4n) is 2.95. The highest BCUT2D eigenvalue weighted by Gasteiger charge is 2.27. The molecule has 7 nitrogen and oxygen atoms in total. The Morgan fingerprint density at radius 1 is 1.19 bits per heavy atom. The van der Waals surface area contributed by atoms with Gasteiger partial charge in [-0.25, -0.2) is 18.4 Å². The third-order valence-electron chi connectivity index (χ3n) is 4.38. The summed E-state index contributed by atoms with van der Waals surface area (Å²) in [5.41, 5.74) is 1.03. The average Bonchev–Trinajstić information content (AvgIpc) is 3.12. The Hall–Kier alpha value is -2.07. The number of thiazole rings is 1. The minimum Gasteiger partial charge on any atom is -0.379 e. The Kier molecular flexibility index (Phi) is 5.35. The topological polar surface area (TPSA) is 85.7 Å². The third-order valence-corrected chi connectivity index (χ3v) is 7.38. The molecule has 0 radical (unpaired) electrons. The SMILES string of the molecule is O=S(=O)(c1ccc(NCCc2nc3ccccc3s2)[nH+]c1)N1CCOCC1. The minimum atomic E-state index is -3.47. The number of anilines is 1. The van der Waals surface area contributed by atoms with Crippen molar-refractivity contribution >= 4 is 37.4 Å². The number of para-hydroxylation sites is 1. The number of nitrogens with one attached hydrogen (secondary N) is 2. The summed E-state index contributed by atoms with van der Waals surface area (Å²) in [5, 5.41) is 4.36. The number of fused-ring (bicyclic) bond motifs is 1. The Balaban J connectivity index is 1.36. The van der Waals surface area contributed by atoms with Crippen LogP contribution in [-0.4, -0.2) is 50.6 Å². The molecule has 27 heavy (non-hydrogen) atoms. The molecular formula is C18H21N4O3S2+. The van der Waals surface area contributed by atoms with Crippen LogP contribution in [0.5, 0.6) is 0 Å². The molecule has 1 saturated heterocycles. The van der Waals surface area contributed by atoms with Crippen LogP contribution < -0.4 is 10.3 Å². The lowest BCUT2D eigenvalue weighted by Crippen LogP contribution is -2.40. The van der Waals surface area contributed by atoms with E-state index >= 15 is 0 Å². The second-order valence-corrected chi connectivity index (χ2v) is 9.26. The van der Waals surface area contributed by atoms with E-state index in [9.17, 15) is 8.42 Å². The van der Waals surface area contributed by atoms with Gasteiger partial charge in [-0.15, -0.1) is 11.3 Å². The van der Waals surface area contributed by atoms with Crippen molar-refractivity contribution in [1.82, 2.24) is 9.29 Å². The summed E-state index contributed by atoms with van der Waals surface area (Å²) in [5.74, 6) is 0.775. The first-order chi connectivity index (χ1) is 13.1. The van der Waals surface area contributed by atoms with Crippen molar-refractivity contribution in [3.63, 3.8) is 0 Å². The van der Waals surface area contributed by atoms with Gasteiger partial charge in [0, 0.05) is 25.6 Å². The molecule has 0 bridgehead atoms. The van der Waals surface area contributed by atoms with Gasteiger partial charge in [-0.1, -0.05) is 12.1 Å². The summed E-state index contributed by atoms with van der Waals surface area (Å²) in [4.78, 5) is 7.91. The van der Waals surface area contributed by atoms with Crippen LogP contribution >= 0.6 is 11.3 Å². The standard InChI is InChI=1S/C18H20N4O3S2/c23-27(24,22-9-11-25-12-10-22)14-5-6-17(20-13-14)19-8-7-18-21-15-3-1-2-4-16(15)26-18/h1-6,13H,7-12H2,(H,19,20)/p+1. The van der Waals surface area contributed by atoms with Crippen LogP contribution in [0.3, 0.4) is 0 Å².